The zero-order chi connectivity index (χ0) is 23.0. The van der Waals surface area contributed by atoms with Crippen molar-refractivity contribution in [2.75, 3.05) is 25.1 Å². The second-order valence-corrected chi connectivity index (χ2v) is 7.92. The number of hydrogen-bond acceptors (Lipinski definition) is 4. The van der Waals surface area contributed by atoms with Gasteiger partial charge in [0.05, 0.1) is 13.2 Å². The summed E-state index contributed by atoms with van der Waals surface area (Å²) in [6.45, 7) is 3.75. The molecule has 1 heterocycles. The molecule has 0 radical (unpaired) electrons. The van der Waals surface area contributed by atoms with E-state index in [1.54, 1.807) is 48.5 Å². The van der Waals surface area contributed by atoms with E-state index in [9.17, 15) is 9.59 Å². The van der Waals surface area contributed by atoms with E-state index >= 15 is 0 Å². The fourth-order valence-electron chi connectivity index (χ4n) is 3.76. The van der Waals surface area contributed by atoms with Gasteiger partial charge in [0, 0.05) is 23.4 Å². The van der Waals surface area contributed by atoms with Gasteiger partial charge in [-0.3, -0.25) is 9.59 Å². The number of carbonyl (C=O) groups excluding carboxylic acids is 2. The van der Waals surface area contributed by atoms with Crippen molar-refractivity contribution in [3.05, 3.63) is 95.1 Å². The zero-order valence-corrected chi connectivity index (χ0v) is 18.7. The highest BCUT2D eigenvalue weighted by molar-refractivity contribution is 6.04. The Bertz CT molecular complexity index is 1090. The van der Waals surface area contributed by atoms with Gasteiger partial charge in [0.25, 0.3) is 11.8 Å². The van der Waals surface area contributed by atoms with Gasteiger partial charge < -0.3 is 20.1 Å². The Labute approximate surface area is 193 Å². The maximum Gasteiger partial charge on any atom is 0.255 e. The number of nitrogens with one attached hydrogen (secondary N) is 2. The van der Waals surface area contributed by atoms with Crippen LogP contribution < -0.4 is 15.4 Å². The second-order valence-electron chi connectivity index (χ2n) is 7.92. The Balaban J connectivity index is 1.31. The Morgan fingerprint density at radius 1 is 0.939 bits per heavy atom. The lowest BCUT2D eigenvalue weighted by molar-refractivity contribution is 0.0411. The van der Waals surface area contributed by atoms with Crippen LogP contribution in [0.1, 0.15) is 51.3 Å². The predicted molar refractivity (Wildman–Crippen MR) is 128 cm³/mol. The molecule has 170 valence electrons. The molecule has 0 saturated carbocycles. The quantitative estimate of drug-likeness (QED) is 0.525. The number of ether oxygens (including phenoxy) is 2. The number of anilines is 1. The molecule has 1 atom stereocenters. The van der Waals surface area contributed by atoms with Crippen LogP contribution in [-0.4, -0.2) is 31.6 Å². The number of carbonyl (C=O) groups is 2. The lowest BCUT2D eigenvalue weighted by Crippen LogP contribution is -2.31. The summed E-state index contributed by atoms with van der Waals surface area (Å²) in [6.07, 6.45) is 1.68. The summed E-state index contributed by atoms with van der Waals surface area (Å²) in [7, 11) is 0. The van der Waals surface area contributed by atoms with Crippen LogP contribution in [0, 0.1) is 0 Å². The molecule has 0 unspecified atom stereocenters. The number of benzene rings is 3. The van der Waals surface area contributed by atoms with Crippen LogP contribution in [0.2, 0.25) is 0 Å². The predicted octanol–water partition coefficient (Wildman–Crippen LogP) is 4.77. The van der Waals surface area contributed by atoms with Crippen molar-refractivity contribution < 1.29 is 19.1 Å². The van der Waals surface area contributed by atoms with E-state index in [0.717, 1.165) is 24.2 Å². The van der Waals surface area contributed by atoms with Crippen molar-refractivity contribution in [2.45, 2.75) is 25.9 Å². The summed E-state index contributed by atoms with van der Waals surface area (Å²) in [4.78, 5) is 25.1. The molecular weight excluding hydrogens is 416 g/mol. The summed E-state index contributed by atoms with van der Waals surface area (Å²) in [6, 6.07) is 22.0. The molecule has 1 aliphatic heterocycles. The molecule has 33 heavy (non-hydrogen) atoms. The smallest absolute Gasteiger partial charge is 0.255 e. The van der Waals surface area contributed by atoms with Crippen molar-refractivity contribution >= 4 is 17.5 Å². The number of fused-ring (bicyclic) bond motifs is 1. The normalized spacial score (nSPS) is 14.8. The van der Waals surface area contributed by atoms with E-state index < -0.39 is 0 Å². The van der Waals surface area contributed by atoms with Crippen LogP contribution in [0.4, 0.5) is 5.69 Å². The molecule has 0 fully saturated rings. The molecule has 3 aromatic rings. The van der Waals surface area contributed by atoms with E-state index in [1.165, 1.54) is 5.56 Å². The van der Waals surface area contributed by atoms with Crippen LogP contribution in [0.3, 0.4) is 0 Å². The first-order chi connectivity index (χ1) is 16.1. The molecule has 0 bridgehead atoms. The summed E-state index contributed by atoms with van der Waals surface area (Å²) in [5, 5.41) is 5.80. The fraction of sp³-hybridized carbons (Fsp3) is 0.259. The van der Waals surface area contributed by atoms with Gasteiger partial charge in [-0.1, -0.05) is 31.2 Å². The Morgan fingerprint density at radius 2 is 1.64 bits per heavy atom. The number of amides is 2. The highest BCUT2D eigenvalue weighted by Gasteiger charge is 2.21. The van der Waals surface area contributed by atoms with Crippen molar-refractivity contribution in [1.29, 1.82) is 0 Å². The molecular formula is C27H28N2O4. The average molecular weight is 445 g/mol. The molecule has 2 N–H and O–H groups in total. The zero-order valence-electron chi connectivity index (χ0n) is 18.7. The van der Waals surface area contributed by atoms with Gasteiger partial charge in [0.15, 0.2) is 0 Å². The minimum Gasteiger partial charge on any atom is -0.494 e. The summed E-state index contributed by atoms with van der Waals surface area (Å²) in [5.41, 5.74) is 4.08. The van der Waals surface area contributed by atoms with Crippen LogP contribution in [-0.2, 0) is 11.2 Å². The number of hydrogen-bond donors (Lipinski definition) is 2. The van der Waals surface area contributed by atoms with Crippen LogP contribution in [0.5, 0.6) is 5.75 Å². The van der Waals surface area contributed by atoms with Gasteiger partial charge in [-0.2, -0.15) is 0 Å². The highest BCUT2D eigenvalue weighted by atomic mass is 16.5. The van der Waals surface area contributed by atoms with Crippen molar-refractivity contribution in [2.24, 2.45) is 0 Å². The topological polar surface area (TPSA) is 76.7 Å². The Kier molecular flexibility index (Phi) is 7.37. The summed E-state index contributed by atoms with van der Waals surface area (Å²) in [5.74, 6) is 0.343. The standard InChI is InChI=1S/C27H28N2O4/c1-2-16-32-23-13-9-21(10-14-23)27(31)29-22-11-7-20(8-12-22)26(30)28-18-25-24-6-4-3-5-19(24)15-17-33-25/h3-14,25H,2,15-18H2,1H3,(H,28,30)(H,29,31)/t25-/m1/s1. The first-order valence-electron chi connectivity index (χ1n) is 11.3. The molecule has 0 aromatic heterocycles. The second kappa shape index (κ2) is 10.8. The molecule has 3 aromatic carbocycles. The molecule has 6 heteroatoms. The third-order valence-electron chi connectivity index (χ3n) is 5.53. The van der Waals surface area contributed by atoms with Gasteiger partial charge in [0.1, 0.15) is 11.9 Å². The molecule has 0 aliphatic carbocycles. The van der Waals surface area contributed by atoms with Gasteiger partial charge in [-0.05, 0) is 72.5 Å². The van der Waals surface area contributed by atoms with Gasteiger partial charge in [-0.25, -0.2) is 0 Å². The third-order valence-corrected chi connectivity index (χ3v) is 5.53. The van der Waals surface area contributed by atoms with Crippen molar-refractivity contribution in [3.63, 3.8) is 0 Å². The van der Waals surface area contributed by atoms with Crippen LogP contribution >= 0.6 is 0 Å². The lowest BCUT2D eigenvalue weighted by atomic mass is 9.97. The summed E-state index contributed by atoms with van der Waals surface area (Å²) < 4.78 is 11.4. The van der Waals surface area contributed by atoms with E-state index in [4.69, 9.17) is 9.47 Å². The van der Waals surface area contributed by atoms with E-state index in [1.807, 2.05) is 19.1 Å². The highest BCUT2D eigenvalue weighted by Crippen LogP contribution is 2.26. The van der Waals surface area contributed by atoms with Gasteiger partial charge >= 0.3 is 0 Å². The Morgan fingerprint density at radius 3 is 2.39 bits per heavy atom. The van der Waals surface area contributed by atoms with E-state index in [0.29, 0.717) is 36.6 Å². The molecule has 1 aliphatic rings. The largest absolute Gasteiger partial charge is 0.494 e. The van der Waals surface area contributed by atoms with Crippen LogP contribution in [0.15, 0.2) is 72.8 Å². The van der Waals surface area contributed by atoms with E-state index in [-0.39, 0.29) is 17.9 Å². The van der Waals surface area contributed by atoms with Gasteiger partial charge in [-0.15, -0.1) is 0 Å². The molecule has 2 amide bonds. The minimum absolute atomic E-state index is 0.142. The average Bonchev–Trinajstić information content (AvgIpc) is 2.86. The third kappa shape index (κ3) is 5.79. The Hall–Kier alpha value is -3.64. The van der Waals surface area contributed by atoms with Crippen molar-refractivity contribution in [3.8, 4) is 5.75 Å². The van der Waals surface area contributed by atoms with Gasteiger partial charge in [0.2, 0.25) is 0 Å². The maximum absolute atomic E-state index is 12.6. The lowest BCUT2D eigenvalue weighted by Gasteiger charge is -2.26. The molecule has 4 rings (SSSR count). The van der Waals surface area contributed by atoms with Crippen molar-refractivity contribution in [1.82, 2.24) is 5.32 Å². The van der Waals surface area contributed by atoms with Crippen LogP contribution in [0.25, 0.3) is 0 Å². The SMILES string of the molecule is CCCOc1ccc(C(=O)Nc2ccc(C(=O)NC[C@H]3OCCc4ccccc43)cc2)cc1. The first-order valence-corrected chi connectivity index (χ1v) is 11.3. The molecule has 0 saturated heterocycles. The summed E-state index contributed by atoms with van der Waals surface area (Å²) >= 11 is 0. The maximum atomic E-state index is 12.6. The number of rotatable bonds is 8. The van der Waals surface area contributed by atoms with E-state index in [2.05, 4.69) is 22.8 Å². The molecule has 0 spiro atoms. The molecule has 6 nitrogen and oxygen atoms in total. The monoisotopic (exact) mass is 444 g/mol. The fourth-order valence-corrected chi connectivity index (χ4v) is 3.76. The minimum atomic E-state index is -0.220. The first kappa shape index (κ1) is 22.6.